The molecule has 0 radical (unpaired) electrons. The molecular formula is C19H27ClN2O5S. The number of piperazine rings is 1. The maximum Gasteiger partial charge on any atom is 0.407 e. The van der Waals surface area contributed by atoms with Gasteiger partial charge < -0.3 is 14.7 Å². The first kappa shape index (κ1) is 21.2. The second kappa shape index (κ2) is 8.88. The Morgan fingerprint density at radius 2 is 1.82 bits per heavy atom. The van der Waals surface area contributed by atoms with Crippen LogP contribution in [0.1, 0.15) is 25.7 Å². The zero-order chi connectivity index (χ0) is 20.3. The predicted octanol–water partition coefficient (Wildman–Crippen LogP) is 2.98. The Hall–Kier alpha value is -1.51. The third-order valence-electron chi connectivity index (χ3n) is 5.71. The monoisotopic (exact) mass is 430 g/mol. The van der Waals surface area contributed by atoms with Crippen molar-refractivity contribution in [3.05, 3.63) is 23.2 Å². The van der Waals surface area contributed by atoms with E-state index in [1.807, 2.05) is 0 Å². The molecule has 1 aliphatic carbocycles. The van der Waals surface area contributed by atoms with Crippen LogP contribution in [0.3, 0.4) is 0 Å². The molecular weight excluding hydrogens is 404 g/mol. The molecule has 28 heavy (non-hydrogen) atoms. The fourth-order valence-corrected chi connectivity index (χ4v) is 5.36. The third kappa shape index (κ3) is 5.30. The molecule has 2 fully saturated rings. The molecule has 1 saturated heterocycles. The minimum absolute atomic E-state index is 0.116. The van der Waals surface area contributed by atoms with Gasteiger partial charge in [0.05, 0.1) is 16.5 Å². The van der Waals surface area contributed by atoms with Crippen LogP contribution >= 0.6 is 11.6 Å². The summed E-state index contributed by atoms with van der Waals surface area (Å²) in [5, 5.41) is 9.23. The third-order valence-corrected chi connectivity index (χ3v) is 7.29. The van der Waals surface area contributed by atoms with Crippen molar-refractivity contribution in [2.45, 2.75) is 36.6 Å². The number of carboxylic acid groups (broad SMARTS) is 1. The lowest BCUT2D eigenvalue weighted by Crippen LogP contribution is -2.52. The van der Waals surface area contributed by atoms with Gasteiger partial charge in [0, 0.05) is 44.5 Å². The van der Waals surface area contributed by atoms with Gasteiger partial charge in [0.25, 0.3) is 0 Å². The largest absolute Gasteiger partial charge is 0.493 e. The van der Waals surface area contributed by atoms with Crippen LogP contribution in [0.25, 0.3) is 0 Å². The van der Waals surface area contributed by atoms with Crippen LogP contribution < -0.4 is 4.74 Å². The summed E-state index contributed by atoms with van der Waals surface area (Å²) in [5.41, 5.74) is 0. The number of benzene rings is 1. The number of carbonyl (C=O) groups is 1. The minimum atomic E-state index is -3.34. The Bertz CT molecular complexity index is 801. The normalized spacial score (nSPS) is 24.1. The van der Waals surface area contributed by atoms with E-state index < -0.39 is 15.9 Å². The van der Waals surface area contributed by atoms with Gasteiger partial charge in [-0.15, -0.1) is 0 Å². The molecule has 1 amide bonds. The standard InChI is InChI=1S/C19H27ClN2O5S/c1-28(25,26)18-7-6-16(12-17(18)20)27-13-14-2-4-15(5-3-14)21-8-10-22(11-9-21)19(23)24/h6-7,12,14-15H,2-5,8-11,13H2,1H3,(H,23,24)/t14-,15-. The molecule has 0 bridgehead atoms. The Morgan fingerprint density at radius 1 is 1.18 bits per heavy atom. The zero-order valence-corrected chi connectivity index (χ0v) is 17.6. The summed E-state index contributed by atoms with van der Waals surface area (Å²) in [6.07, 6.45) is 4.63. The molecule has 1 saturated carbocycles. The van der Waals surface area contributed by atoms with E-state index in [0.717, 1.165) is 45.0 Å². The number of hydrogen-bond donors (Lipinski definition) is 1. The molecule has 3 rings (SSSR count). The van der Waals surface area contributed by atoms with Crippen molar-refractivity contribution >= 4 is 27.5 Å². The van der Waals surface area contributed by atoms with E-state index in [-0.39, 0.29) is 9.92 Å². The van der Waals surface area contributed by atoms with Gasteiger partial charge in [-0.3, -0.25) is 4.90 Å². The van der Waals surface area contributed by atoms with Crippen molar-refractivity contribution in [3.8, 4) is 5.75 Å². The van der Waals surface area contributed by atoms with Gasteiger partial charge in [-0.1, -0.05) is 11.6 Å². The summed E-state index contributed by atoms with van der Waals surface area (Å²) >= 11 is 6.07. The molecule has 0 atom stereocenters. The van der Waals surface area contributed by atoms with E-state index in [1.54, 1.807) is 12.1 Å². The quantitative estimate of drug-likeness (QED) is 0.772. The van der Waals surface area contributed by atoms with E-state index in [0.29, 0.717) is 37.4 Å². The molecule has 0 aromatic heterocycles. The van der Waals surface area contributed by atoms with Crippen molar-refractivity contribution in [2.75, 3.05) is 39.0 Å². The number of ether oxygens (including phenoxy) is 1. The lowest BCUT2D eigenvalue weighted by Gasteiger charge is -2.41. The van der Waals surface area contributed by atoms with Crippen molar-refractivity contribution in [1.82, 2.24) is 9.80 Å². The van der Waals surface area contributed by atoms with Crippen LogP contribution in [0.4, 0.5) is 4.79 Å². The molecule has 7 nitrogen and oxygen atoms in total. The summed E-state index contributed by atoms with van der Waals surface area (Å²) in [6, 6.07) is 5.22. The second-order valence-corrected chi connectivity index (χ2v) is 10.0. The average Bonchev–Trinajstić information content (AvgIpc) is 2.66. The minimum Gasteiger partial charge on any atom is -0.493 e. The Morgan fingerprint density at radius 3 is 2.36 bits per heavy atom. The SMILES string of the molecule is CS(=O)(=O)c1ccc(OC[C@H]2CC[C@H](N3CCN(C(=O)O)CC3)CC2)cc1Cl. The summed E-state index contributed by atoms with van der Waals surface area (Å²) in [6.45, 7) is 3.38. The Kier molecular flexibility index (Phi) is 6.73. The maximum atomic E-state index is 11.6. The van der Waals surface area contributed by atoms with Crippen LogP contribution in [-0.2, 0) is 9.84 Å². The first-order valence-electron chi connectivity index (χ1n) is 9.58. The first-order valence-corrected chi connectivity index (χ1v) is 11.9. The van der Waals surface area contributed by atoms with Crippen molar-refractivity contribution < 1.29 is 23.1 Å². The van der Waals surface area contributed by atoms with Crippen LogP contribution in [0.15, 0.2) is 23.1 Å². The molecule has 1 aliphatic heterocycles. The summed E-state index contributed by atoms with van der Waals surface area (Å²) < 4.78 is 29.1. The molecule has 0 spiro atoms. The summed E-state index contributed by atoms with van der Waals surface area (Å²) in [7, 11) is -3.34. The van der Waals surface area contributed by atoms with Crippen LogP contribution in [0.2, 0.25) is 5.02 Å². The number of halogens is 1. The fourth-order valence-electron chi connectivity index (χ4n) is 4.04. The van der Waals surface area contributed by atoms with Gasteiger partial charge in [-0.2, -0.15) is 0 Å². The molecule has 156 valence electrons. The number of nitrogens with zero attached hydrogens (tertiary/aromatic N) is 2. The zero-order valence-electron chi connectivity index (χ0n) is 16.0. The van der Waals surface area contributed by atoms with Gasteiger partial charge >= 0.3 is 6.09 Å². The summed E-state index contributed by atoms with van der Waals surface area (Å²) in [4.78, 5) is 15.0. The highest BCUT2D eigenvalue weighted by molar-refractivity contribution is 7.90. The number of hydrogen-bond acceptors (Lipinski definition) is 5. The number of rotatable bonds is 5. The van der Waals surface area contributed by atoms with Crippen molar-refractivity contribution in [1.29, 1.82) is 0 Å². The Balaban J connectivity index is 1.44. The van der Waals surface area contributed by atoms with E-state index in [1.165, 1.54) is 11.0 Å². The van der Waals surface area contributed by atoms with Gasteiger partial charge in [0.1, 0.15) is 5.75 Å². The van der Waals surface area contributed by atoms with Crippen LogP contribution in [0.5, 0.6) is 5.75 Å². The maximum absolute atomic E-state index is 11.6. The highest BCUT2D eigenvalue weighted by Crippen LogP contribution is 2.30. The molecule has 1 aromatic carbocycles. The fraction of sp³-hybridized carbons (Fsp3) is 0.632. The van der Waals surface area contributed by atoms with Crippen LogP contribution in [0, 0.1) is 5.92 Å². The number of sulfone groups is 1. The van der Waals surface area contributed by atoms with E-state index in [2.05, 4.69) is 4.90 Å². The molecule has 0 unspecified atom stereocenters. The van der Waals surface area contributed by atoms with Gasteiger partial charge in [0.2, 0.25) is 0 Å². The van der Waals surface area contributed by atoms with Crippen LogP contribution in [-0.4, -0.2) is 74.5 Å². The smallest absolute Gasteiger partial charge is 0.407 e. The Labute approximate surface area is 171 Å². The topological polar surface area (TPSA) is 87.2 Å². The van der Waals surface area contributed by atoms with E-state index in [9.17, 15) is 13.2 Å². The highest BCUT2D eigenvalue weighted by Gasteiger charge is 2.29. The first-order chi connectivity index (χ1) is 13.2. The van der Waals surface area contributed by atoms with E-state index in [4.69, 9.17) is 21.4 Å². The lowest BCUT2D eigenvalue weighted by molar-refractivity contribution is 0.0619. The molecule has 9 heteroatoms. The summed E-state index contributed by atoms with van der Waals surface area (Å²) in [5.74, 6) is 1.05. The molecule has 1 heterocycles. The molecule has 2 aliphatic rings. The number of amides is 1. The predicted molar refractivity (Wildman–Crippen MR) is 107 cm³/mol. The molecule has 1 N–H and O–H groups in total. The highest BCUT2D eigenvalue weighted by atomic mass is 35.5. The van der Waals surface area contributed by atoms with Gasteiger partial charge in [-0.25, -0.2) is 13.2 Å². The molecule has 1 aromatic rings. The lowest BCUT2D eigenvalue weighted by atomic mass is 9.85. The van der Waals surface area contributed by atoms with Crippen molar-refractivity contribution in [2.24, 2.45) is 5.92 Å². The van der Waals surface area contributed by atoms with Gasteiger partial charge in [0.15, 0.2) is 9.84 Å². The second-order valence-electron chi connectivity index (χ2n) is 7.66. The average molecular weight is 431 g/mol. The van der Waals surface area contributed by atoms with Crippen molar-refractivity contribution in [3.63, 3.8) is 0 Å². The van der Waals surface area contributed by atoms with E-state index >= 15 is 0 Å². The van der Waals surface area contributed by atoms with Gasteiger partial charge in [-0.05, 0) is 43.7 Å².